The highest BCUT2D eigenvalue weighted by Crippen LogP contribution is 2.25. The van der Waals surface area contributed by atoms with Crippen molar-refractivity contribution in [2.24, 2.45) is 5.73 Å². The van der Waals surface area contributed by atoms with E-state index in [0.29, 0.717) is 16.4 Å². The summed E-state index contributed by atoms with van der Waals surface area (Å²) in [5.41, 5.74) is 6.54. The van der Waals surface area contributed by atoms with Crippen LogP contribution in [0.25, 0.3) is 5.69 Å². The summed E-state index contributed by atoms with van der Waals surface area (Å²) >= 11 is 7.43. The van der Waals surface area contributed by atoms with Crippen LogP contribution in [0.15, 0.2) is 41.8 Å². The number of hydrogen-bond donors (Lipinski definition) is 2. The molecule has 0 bridgehead atoms. The minimum Gasteiger partial charge on any atom is -0.452 e. The number of anilines is 1. The number of thiophene rings is 1. The lowest BCUT2D eigenvalue weighted by Gasteiger charge is -2.06. The van der Waals surface area contributed by atoms with Crippen molar-refractivity contribution in [3.8, 4) is 5.69 Å². The molecule has 0 saturated carbocycles. The molecule has 8 nitrogen and oxygen atoms in total. The van der Waals surface area contributed by atoms with E-state index in [0.717, 1.165) is 11.3 Å². The molecule has 3 aromatic rings. The molecule has 2 heterocycles. The van der Waals surface area contributed by atoms with Crippen LogP contribution >= 0.6 is 22.9 Å². The monoisotopic (exact) mass is 418 g/mol. The van der Waals surface area contributed by atoms with Crippen molar-refractivity contribution in [2.75, 3.05) is 11.9 Å². The molecular formula is C18H15ClN4O4S. The summed E-state index contributed by atoms with van der Waals surface area (Å²) in [6.45, 7) is 1.06. The maximum Gasteiger partial charge on any atom is 0.343 e. The number of hydrogen-bond acceptors (Lipinski definition) is 6. The molecule has 0 radical (unpaired) electrons. The number of carbonyl (C=O) groups excluding carboxylic acids is 3. The first-order chi connectivity index (χ1) is 13.4. The molecule has 0 spiro atoms. The molecule has 28 heavy (non-hydrogen) atoms. The molecular weight excluding hydrogens is 404 g/mol. The van der Waals surface area contributed by atoms with E-state index in [4.69, 9.17) is 22.1 Å². The van der Waals surface area contributed by atoms with E-state index in [1.807, 2.05) is 18.2 Å². The molecule has 0 unspecified atom stereocenters. The van der Waals surface area contributed by atoms with Crippen molar-refractivity contribution in [1.29, 1.82) is 0 Å². The molecule has 0 aliphatic carbocycles. The third kappa shape index (κ3) is 4.05. The third-order valence-electron chi connectivity index (χ3n) is 3.73. The lowest BCUT2D eigenvalue weighted by atomic mass is 10.2. The average Bonchev–Trinajstić information content (AvgIpc) is 3.24. The van der Waals surface area contributed by atoms with Crippen LogP contribution in [0, 0.1) is 6.92 Å². The number of esters is 1. The van der Waals surface area contributed by atoms with Gasteiger partial charge in [0.15, 0.2) is 6.61 Å². The standard InChI is InChI=1S/C18H15ClN4O4S/c1-10-14(15(19)23(22-10)11-5-3-2-4-6-11)18(26)27-9-13(24)21-17-12(16(20)25)7-8-28-17/h2-8H,9H2,1H3,(H2,20,25)(H,21,24). The van der Waals surface area contributed by atoms with E-state index in [1.165, 1.54) is 10.7 Å². The smallest absolute Gasteiger partial charge is 0.343 e. The number of amides is 2. The highest BCUT2D eigenvalue weighted by atomic mass is 35.5. The first kappa shape index (κ1) is 19.6. The maximum atomic E-state index is 12.4. The van der Waals surface area contributed by atoms with Gasteiger partial charge in [0.1, 0.15) is 15.7 Å². The van der Waals surface area contributed by atoms with E-state index in [9.17, 15) is 14.4 Å². The Kier molecular flexibility index (Phi) is 5.76. The van der Waals surface area contributed by atoms with Crippen LogP contribution in [0.5, 0.6) is 0 Å². The fourth-order valence-electron chi connectivity index (χ4n) is 2.44. The Morgan fingerprint density at radius 2 is 1.96 bits per heavy atom. The first-order valence-corrected chi connectivity index (χ1v) is 9.29. The van der Waals surface area contributed by atoms with Gasteiger partial charge in [-0.05, 0) is 30.5 Å². The van der Waals surface area contributed by atoms with Crippen molar-refractivity contribution < 1.29 is 19.1 Å². The van der Waals surface area contributed by atoms with Crippen molar-refractivity contribution in [2.45, 2.75) is 6.92 Å². The van der Waals surface area contributed by atoms with Crippen molar-refractivity contribution in [3.63, 3.8) is 0 Å². The Labute approximate surface area is 168 Å². The highest BCUT2D eigenvalue weighted by Gasteiger charge is 2.23. The summed E-state index contributed by atoms with van der Waals surface area (Å²) < 4.78 is 6.46. The number of para-hydroxylation sites is 1. The van der Waals surface area contributed by atoms with Crippen LogP contribution in [0.4, 0.5) is 5.00 Å². The van der Waals surface area contributed by atoms with Crippen LogP contribution in [0.2, 0.25) is 5.15 Å². The molecule has 0 aliphatic rings. The lowest BCUT2D eigenvalue weighted by molar-refractivity contribution is -0.119. The number of halogens is 1. The highest BCUT2D eigenvalue weighted by molar-refractivity contribution is 7.14. The summed E-state index contributed by atoms with van der Waals surface area (Å²) in [5.74, 6) is -2.05. The van der Waals surface area contributed by atoms with Gasteiger partial charge >= 0.3 is 5.97 Å². The van der Waals surface area contributed by atoms with Gasteiger partial charge in [0, 0.05) is 0 Å². The topological polar surface area (TPSA) is 116 Å². The van der Waals surface area contributed by atoms with Crippen LogP contribution in [-0.4, -0.2) is 34.2 Å². The number of aryl methyl sites for hydroxylation is 1. The van der Waals surface area contributed by atoms with Gasteiger partial charge in [-0.1, -0.05) is 29.8 Å². The number of carbonyl (C=O) groups is 3. The van der Waals surface area contributed by atoms with Crippen LogP contribution in [0.3, 0.4) is 0 Å². The van der Waals surface area contributed by atoms with E-state index in [1.54, 1.807) is 24.4 Å². The number of rotatable bonds is 6. The van der Waals surface area contributed by atoms with Crippen LogP contribution < -0.4 is 11.1 Å². The van der Waals surface area contributed by atoms with Gasteiger partial charge < -0.3 is 15.8 Å². The fourth-order valence-corrected chi connectivity index (χ4v) is 3.60. The van der Waals surface area contributed by atoms with Gasteiger partial charge in [-0.3, -0.25) is 9.59 Å². The number of primary amides is 1. The Morgan fingerprint density at radius 1 is 1.25 bits per heavy atom. The fraction of sp³-hybridized carbons (Fsp3) is 0.111. The van der Waals surface area contributed by atoms with Crippen molar-refractivity contribution in [1.82, 2.24) is 9.78 Å². The van der Waals surface area contributed by atoms with E-state index < -0.39 is 24.4 Å². The van der Waals surface area contributed by atoms with Crippen molar-refractivity contribution in [3.05, 3.63) is 63.8 Å². The summed E-state index contributed by atoms with van der Waals surface area (Å²) in [6, 6.07) is 10.6. The minimum absolute atomic E-state index is 0.0762. The van der Waals surface area contributed by atoms with Crippen LogP contribution in [-0.2, 0) is 9.53 Å². The molecule has 0 fully saturated rings. The SMILES string of the molecule is Cc1nn(-c2ccccc2)c(Cl)c1C(=O)OCC(=O)Nc1sccc1C(N)=O. The Balaban J connectivity index is 1.68. The second kappa shape index (κ2) is 8.24. The Morgan fingerprint density at radius 3 is 2.64 bits per heavy atom. The number of nitrogens with zero attached hydrogens (tertiary/aromatic N) is 2. The minimum atomic E-state index is -0.777. The lowest BCUT2D eigenvalue weighted by Crippen LogP contribution is -2.22. The normalized spacial score (nSPS) is 10.5. The molecule has 0 aliphatic heterocycles. The zero-order valence-electron chi connectivity index (χ0n) is 14.6. The molecule has 144 valence electrons. The number of ether oxygens (including phenoxy) is 1. The number of aromatic nitrogens is 2. The first-order valence-electron chi connectivity index (χ1n) is 8.03. The predicted octanol–water partition coefficient (Wildman–Crippen LogP) is 2.79. The van der Waals surface area contributed by atoms with Crippen LogP contribution in [0.1, 0.15) is 26.4 Å². The molecule has 0 atom stereocenters. The number of nitrogens with two attached hydrogens (primary N) is 1. The summed E-state index contributed by atoms with van der Waals surface area (Å²) in [7, 11) is 0. The largest absolute Gasteiger partial charge is 0.452 e. The predicted molar refractivity (Wildman–Crippen MR) is 105 cm³/mol. The molecule has 3 rings (SSSR count). The summed E-state index contributed by atoms with van der Waals surface area (Å²) in [4.78, 5) is 35.7. The Bertz CT molecular complexity index is 1050. The summed E-state index contributed by atoms with van der Waals surface area (Å²) in [5, 5.41) is 8.73. The molecule has 1 aromatic carbocycles. The van der Waals surface area contributed by atoms with E-state index >= 15 is 0 Å². The summed E-state index contributed by atoms with van der Waals surface area (Å²) in [6.07, 6.45) is 0. The van der Waals surface area contributed by atoms with E-state index in [-0.39, 0.29) is 16.3 Å². The zero-order valence-corrected chi connectivity index (χ0v) is 16.2. The van der Waals surface area contributed by atoms with Gasteiger partial charge in [-0.15, -0.1) is 11.3 Å². The Hall–Kier alpha value is -3.17. The van der Waals surface area contributed by atoms with Gasteiger partial charge in [0.05, 0.1) is 16.9 Å². The second-order valence-corrected chi connectivity index (χ2v) is 6.92. The quantitative estimate of drug-likeness (QED) is 0.597. The zero-order chi connectivity index (χ0) is 20.3. The molecule has 2 amide bonds. The van der Waals surface area contributed by atoms with Gasteiger partial charge in [0.2, 0.25) is 0 Å². The second-order valence-electron chi connectivity index (χ2n) is 5.65. The van der Waals surface area contributed by atoms with Crippen molar-refractivity contribution >= 4 is 45.7 Å². The maximum absolute atomic E-state index is 12.4. The molecule has 2 aromatic heterocycles. The van der Waals surface area contributed by atoms with Gasteiger partial charge in [-0.25, -0.2) is 9.48 Å². The average molecular weight is 419 g/mol. The molecule has 10 heteroatoms. The number of nitrogens with one attached hydrogen (secondary N) is 1. The van der Waals surface area contributed by atoms with Gasteiger partial charge in [0.25, 0.3) is 11.8 Å². The molecule has 3 N–H and O–H groups in total. The number of benzene rings is 1. The van der Waals surface area contributed by atoms with E-state index in [2.05, 4.69) is 10.4 Å². The molecule has 0 saturated heterocycles. The van der Waals surface area contributed by atoms with Gasteiger partial charge in [-0.2, -0.15) is 5.10 Å². The third-order valence-corrected chi connectivity index (χ3v) is 4.91.